The molecule has 3 atom stereocenters. The number of hydrogen-bond donors (Lipinski definition) is 1. The summed E-state index contributed by atoms with van der Waals surface area (Å²) in [4.78, 5) is 43.5. The second-order valence-electron chi connectivity index (χ2n) is 8.57. The van der Waals surface area contributed by atoms with Crippen LogP contribution < -0.4 is 4.90 Å². The van der Waals surface area contributed by atoms with Gasteiger partial charge in [0, 0.05) is 10.9 Å². The molecule has 2 amide bonds. The van der Waals surface area contributed by atoms with Crippen LogP contribution >= 0.6 is 0 Å². The molecule has 2 aromatic carbocycles. The van der Waals surface area contributed by atoms with Gasteiger partial charge >= 0.3 is 5.97 Å². The Morgan fingerprint density at radius 3 is 2.45 bits per heavy atom. The molecule has 1 N–H and O–H groups in total. The zero-order chi connectivity index (χ0) is 21.7. The number of pyridine rings is 1. The van der Waals surface area contributed by atoms with Crippen LogP contribution in [0.25, 0.3) is 22.2 Å². The molecule has 1 saturated carbocycles. The Hall–Kier alpha value is -3.54. The van der Waals surface area contributed by atoms with Crippen LogP contribution in [0.1, 0.15) is 36.5 Å². The highest BCUT2D eigenvalue weighted by Gasteiger charge is 2.49. The van der Waals surface area contributed by atoms with Crippen molar-refractivity contribution in [2.45, 2.75) is 26.2 Å². The number of carboxylic acids is 1. The Morgan fingerprint density at radius 1 is 1.00 bits per heavy atom. The van der Waals surface area contributed by atoms with E-state index in [0.717, 1.165) is 24.8 Å². The molecule has 1 aromatic heterocycles. The molecule has 1 aliphatic heterocycles. The Morgan fingerprint density at radius 2 is 1.71 bits per heavy atom. The number of aromatic carboxylic acids is 1. The number of carbonyl (C=O) groups is 3. The van der Waals surface area contributed by atoms with E-state index in [2.05, 4.69) is 11.9 Å². The SMILES string of the molecule is CC1CCC2C(=O)N(c3ccc(-c4cc(C(=O)O)c5ccccc5n4)cc3)C(=O)C2C1. The molecule has 3 unspecified atom stereocenters. The number of para-hydroxylation sites is 1. The lowest BCUT2D eigenvalue weighted by atomic mass is 9.76. The third kappa shape index (κ3) is 3.19. The summed E-state index contributed by atoms with van der Waals surface area (Å²) >= 11 is 0. The number of carbonyl (C=O) groups excluding carboxylic acids is 2. The first-order valence-electron chi connectivity index (χ1n) is 10.6. The summed E-state index contributed by atoms with van der Waals surface area (Å²) in [5.74, 6) is -1.18. The largest absolute Gasteiger partial charge is 0.478 e. The molecule has 2 heterocycles. The van der Waals surface area contributed by atoms with E-state index in [1.807, 2.05) is 6.07 Å². The molecule has 6 heteroatoms. The van der Waals surface area contributed by atoms with Crippen LogP contribution in [-0.4, -0.2) is 27.9 Å². The van der Waals surface area contributed by atoms with Crippen LogP contribution in [0.15, 0.2) is 54.6 Å². The van der Waals surface area contributed by atoms with Crippen molar-refractivity contribution in [2.24, 2.45) is 17.8 Å². The maximum Gasteiger partial charge on any atom is 0.336 e. The summed E-state index contributed by atoms with van der Waals surface area (Å²) in [6.07, 6.45) is 2.51. The third-order valence-electron chi connectivity index (χ3n) is 6.56. The van der Waals surface area contributed by atoms with E-state index in [-0.39, 0.29) is 29.2 Å². The van der Waals surface area contributed by atoms with Gasteiger partial charge in [-0.25, -0.2) is 9.78 Å². The summed E-state index contributed by atoms with van der Waals surface area (Å²) in [6, 6.07) is 15.7. The number of imide groups is 1. The van der Waals surface area contributed by atoms with Crippen molar-refractivity contribution in [2.75, 3.05) is 4.90 Å². The van der Waals surface area contributed by atoms with Crippen LogP contribution in [0.2, 0.25) is 0 Å². The zero-order valence-electron chi connectivity index (χ0n) is 17.1. The first-order valence-corrected chi connectivity index (χ1v) is 10.6. The second kappa shape index (κ2) is 7.30. The highest BCUT2D eigenvalue weighted by atomic mass is 16.4. The van der Waals surface area contributed by atoms with Gasteiger partial charge in [0.1, 0.15) is 0 Å². The zero-order valence-corrected chi connectivity index (χ0v) is 17.1. The van der Waals surface area contributed by atoms with E-state index >= 15 is 0 Å². The van der Waals surface area contributed by atoms with Gasteiger partial charge in [-0.3, -0.25) is 14.5 Å². The van der Waals surface area contributed by atoms with E-state index in [1.54, 1.807) is 48.5 Å². The minimum atomic E-state index is -1.01. The topological polar surface area (TPSA) is 87.6 Å². The van der Waals surface area contributed by atoms with Gasteiger partial charge in [-0.15, -0.1) is 0 Å². The van der Waals surface area contributed by atoms with Crippen molar-refractivity contribution < 1.29 is 19.5 Å². The first kappa shape index (κ1) is 19.4. The highest BCUT2D eigenvalue weighted by molar-refractivity contribution is 6.22. The maximum atomic E-state index is 12.9. The van der Waals surface area contributed by atoms with Gasteiger partial charge in [-0.05, 0) is 49.4 Å². The molecule has 5 rings (SSSR count). The lowest BCUT2D eigenvalue weighted by molar-refractivity contribution is -0.122. The van der Waals surface area contributed by atoms with Crippen LogP contribution in [0.4, 0.5) is 5.69 Å². The smallest absolute Gasteiger partial charge is 0.336 e. The van der Waals surface area contributed by atoms with Gasteiger partial charge in [0.05, 0.1) is 34.3 Å². The number of anilines is 1. The average Bonchev–Trinajstić information content (AvgIpc) is 3.02. The van der Waals surface area contributed by atoms with Crippen molar-refractivity contribution in [3.05, 3.63) is 60.2 Å². The standard InChI is InChI=1S/C25H22N2O4/c1-14-6-11-18-19(12-14)24(29)27(23(18)28)16-9-7-15(8-10-16)22-13-20(25(30)31)17-4-2-3-5-21(17)26-22/h2-5,7-10,13-14,18-19H,6,11-12H2,1H3,(H,30,31). The lowest BCUT2D eigenvalue weighted by Crippen LogP contribution is -2.30. The molecule has 0 spiro atoms. The fourth-order valence-electron chi connectivity index (χ4n) is 4.93. The normalized spacial score (nSPS) is 23.3. The molecule has 0 bridgehead atoms. The molecule has 2 aliphatic rings. The predicted octanol–water partition coefficient (Wildman–Crippen LogP) is 4.53. The van der Waals surface area contributed by atoms with E-state index in [9.17, 15) is 19.5 Å². The quantitative estimate of drug-likeness (QED) is 0.637. The van der Waals surface area contributed by atoms with Crippen molar-refractivity contribution in [3.63, 3.8) is 0 Å². The van der Waals surface area contributed by atoms with E-state index in [4.69, 9.17) is 0 Å². The van der Waals surface area contributed by atoms with E-state index < -0.39 is 5.97 Å². The Balaban J connectivity index is 1.49. The monoisotopic (exact) mass is 414 g/mol. The predicted molar refractivity (Wildman–Crippen MR) is 117 cm³/mol. The summed E-state index contributed by atoms with van der Waals surface area (Å²) in [7, 11) is 0. The van der Waals surface area contributed by atoms with Gasteiger partial charge in [0.2, 0.25) is 11.8 Å². The number of benzene rings is 2. The Kier molecular flexibility index (Phi) is 4.58. The molecular formula is C25H22N2O4. The molecule has 2 fully saturated rings. The third-order valence-corrected chi connectivity index (χ3v) is 6.56. The minimum Gasteiger partial charge on any atom is -0.478 e. The summed E-state index contributed by atoms with van der Waals surface area (Å²) < 4.78 is 0. The molecule has 1 aliphatic carbocycles. The number of amides is 2. The molecule has 3 aromatic rings. The summed E-state index contributed by atoms with van der Waals surface area (Å²) in [5.41, 5.74) is 2.60. The Bertz CT molecular complexity index is 1220. The molecule has 31 heavy (non-hydrogen) atoms. The van der Waals surface area contributed by atoms with Crippen LogP contribution in [0.3, 0.4) is 0 Å². The number of aromatic nitrogens is 1. The number of rotatable bonds is 3. The lowest BCUT2D eigenvalue weighted by Gasteiger charge is -2.25. The maximum absolute atomic E-state index is 12.9. The van der Waals surface area contributed by atoms with Crippen LogP contribution in [0.5, 0.6) is 0 Å². The molecule has 1 saturated heterocycles. The second-order valence-corrected chi connectivity index (χ2v) is 8.57. The van der Waals surface area contributed by atoms with E-state index in [0.29, 0.717) is 28.2 Å². The molecule has 6 nitrogen and oxygen atoms in total. The molecular weight excluding hydrogens is 392 g/mol. The van der Waals surface area contributed by atoms with Crippen molar-refractivity contribution in [3.8, 4) is 11.3 Å². The summed E-state index contributed by atoms with van der Waals surface area (Å²) in [6.45, 7) is 2.13. The van der Waals surface area contributed by atoms with Crippen LogP contribution in [-0.2, 0) is 9.59 Å². The Labute approximate surface area is 179 Å². The van der Waals surface area contributed by atoms with Crippen LogP contribution in [0, 0.1) is 17.8 Å². The minimum absolute atomic E-state index is 0.105. The van der Waals surface area contributed by atoms with Gasteiger partial charge in [-0.2, -0.15) is 0 Å². The average molecular weight is 414 g/mol. The first-order chi connectivity index (χ1) is 14.9. The van der Waals surface area contributed by atoms with Crippen molar-refractivity contribution >= 4 is 34.4 Å². The van der Waals surface area contributed by atoms with Gasteiger partial charge in [-0.1, -0.05) is 37.3 Å². The summed E-state index contributed by atoms with van der Waals surface area (Å²) in [5, 5.41) is 10.2. The van der Waals surface area contributed by atoms with E-state index in [1.165, 1.54) is 4.90 Å². The van der Waals surface area contributed by atoms with Crippen molar-refractivity contribution in [1.82, 2.24) is 4.98 Å². The molecule has 0 radical (unpaired) electrons. The molecule has 156 valence electrons. The van der Waals surface area contributed by atoms with Gasteiger partial charge in [0.15, 0.2) is 0 Å². The van der Waals surface area contributed by atoms with Gasteiger partial charge < -0.3 is 5.11 Å². The number of fused-ring (bicyclic) bond motifs is 2. The van der Waals surface area contributed by atoms with Crippen molar-refractivity contribution in [1.29, 1.82) is 0 Å². The number of hydrogen-bond acceptors (Lipinski definition) is 4. The fourth-order valence-corrected chi connectivity index (χ4v) is 4.93. The fraction of sp³-hybridized carbons (Fsp3) is 0.280. The number of carboxylic acid groups (broad SMARTS) is 1. The number of nitrogens with zero attached hydrogens (tertiary/aromatic N) is 2. The van der Waals surface area contributed by atoms with Gasteiger partial charge in [0.25, 0.3) is 0 Å². The highest BCUT2D eigenvalue weighted by Crippen LogP contribution is 2.42.